The molecule has 1 aromatic carbocycles. The fourth-order valence-corrected chi connectivity index (χ4v) is 2.21. The molecule has 1 aromatic rings. The van der Waals surface area contributed by atoms with Crippen LogP contribution in [0.25, 0.3) is 0 Å². The highest BCUT2D eigenvalue weighted by atomic mass is 127. The molecule has 0 aliphatic carbocycles. The molecule has 0 saturated carbocycles. The molecule has 0 atom stereocenters. The Morgan fingerprint density at radius 2 is 2.16 bits per heavy atom. The van der Waals surface area contributed by atoms with Crippen molar-refractivity contribution in [2.75, 3.05) is 33.4 Å². The summed E-state index contributed by atoms with van der Waals surface area (Å²) >= 11 is 2.13. The quantitative estimate of drug-likeness (QED) is 0.463. The minimum atomic E-state index is -0.352. The monoisotopic (exact) mass is 375 g/mol. The number of esters is 1. The van der Waals surface area contributed by atoms with Gasteiger partial charge in [0.05, 0.1) is 39.0 Å². The summed E-state index contributed by atoms with van der Waals surface area (Å²) in [6.07, 6.45) is 0. The second-order valence-electron chi connectivity index (χ2n) is 3.91. The highest BCUT2D eigenvalue weighted by molar-refractivity contribution is 14.1. The molecule has 2 rings (SSSR count). The van der Waals surface area contributed by atoms with E-state index in [0.717, 1.165) is 22.3 Å². The van der Waals surface area contributed by atoms with Gasteiger partial charge in [0.15, 0.2) is 0 Å². The van der Waals surface area contributed by atoms with E-state index in [-0.39, 0.29) is 5.97 Å². The third kappa shape index (κ3) is 3.87. The Balaban J connectivity index is 2.08. The molecule has 0 aromatic heterocycles. The number of hydrogen-bond acceptors (Lipinski definition) is 5. The molecular weight excluding hydrogens is 361 g/mol. The first kappa shape index (κ1) is 14.2. The van der Waals surface area contributed by atoms with E-state index >= 15 is 0 Å². The molecule has 0 spiro atoms. The first-order chi connectivity index (χ1) is 9.20. The number of carbonyl (C=O) groups excluding carboxylic acids is 1. The van der Waals surface area contributed by atoms with Crippen molar-refractivity contribution in [2.24, 2.45) is 10.3 Å². The van der Waals surface area contributed by atoms with Crippen LogP contribution in [0.5, 0.6) is 0 Å². The Morgan fingerprint density at radius 3 is 2.79 bits per heavy atom. The van der Waals surface area contributed by atoms with Crippen LogP contribution in [0.3, 0.4) is 0 Å². The summed E-state index contributed by atoms with van der Waals surface area (Å²) in [5, 5.41) is 10.2. The number of rotatable bonds is 3. The second kappa shape index (κ2) is 6.80. The summed E-state index contributed by atoms with van der Waals surface area (Å²) in [4.78, 5) is 11.4. The number of morpholine rings is 1. The molecular formula is C12H14IN3O3. The standard InChI is InChI=1S/C12H14IN3O3/c1-18-12(17)9-2-3-11(10(13)8-9)14-15-16-4-6-19-7-5-16/h2-3,8H,4-7H2,1H3. The van der Waals surface area contributed by atoms with E-state index in [0.29, 0.717) is 18.8 Å². The van der Waals surface area contributed by atoms with Crippen LogP contribution in [-0.2, 0) is 9.47 Å². The summed E-state index contributed by atoms with van der Waals surface area (Å²) in [6.45, 7) is 2.86. The summed E-state index contributed by atoms with van der Waals surface area (Å²) in [6, 6.07) is 5.18. The number of carbonyl (C=O) groups is 1. The van der Waals surface area contributed by atoms with Crippen LogP contribution in [0.1, 0.15) is 10.4 Å². The van der Waals surface area contributed by atoms with Gasteiger partial charge in [0, 0.05) is 3.57 Å². The minimum absolute atomic E-state index is 0.352. The second-order valence-corrected chi connectivity index (χ2v) is 5.08. The maximum absolute atomic E-state index is 11.4. The Labute approximate surface area is 124 Å². The smallest absolute Gasteiger partial charge is 0.337 e. The minimum Gasteiger partial charge on any atom is -0.465 e. The largest absolute Gasteiger partial charge is 0.465 e. The summed E-state index contributed by atoms with van der Waals surface area (Å²) < 4.78 is 10.8. The van der Waals surface area contributed by atoms with E-state index in [2.05, 4.69) is 37.7 Å². The van der Waals surface area contributed by atoms with E-state index in [1.807, 2.05) is 5.01 Å². The summed E-state index contributed by atoms with van der Waals surface area (Å²) in [5.74, 6) is -0.352. The molecule has 1 heterocycles. The summed E-state index contributed by atoms with van der Waals surface area (Å²) in [5.41, 5.74) is 1.25. The van der Waals surface area contributed by atoms with Crippen molar-refractivity contribution in [2.45, 2.75) is 0 Å². The molecule has 6 nitrogen and oxygen atoms in total. The SMILES string of the molecule is COC(=O)c1ccc(N=NN2CCOCC2)c(I)c1. The van der Waals surface area contributed by atoms with Crippen molar-refractivity contribution < 1.29 is 14.3 Å². The normalized spacial score (nSPS) is 15.8. The first-order valence-electron chi connectivity index (χ1n) is 5.83. The van der Waals surface area contributed by atoms with Gasteiger partial charge in [-0.15, -0.1) is 5.11 Å². The zero-order valence-corrected chi connectivity index (χ0v) is 12.7. The molecule has 19 heavy (non-hydrogen) atoms. The maximum atomic E-state index is 11.4. The van der Waals surface area contributed by atoms with Gasteiger partial charge in [-0.05, 0) is 40.8 Å². The van der Waals surface area contributed by atoms with Crippen LogP contribution >= 0.6 is 22.6 Å². The number of nitrogens with zero attached hydrogens (tertiary/aromatic N) is 3. The van der Waals surface area contributed by atoms with Gasteiger partial charge in [-0.1, -0.05) is 5.22 Å². The number of hydrogen-bond donors (Lipinski definition) is 0. The zero-order chi connectivity index (χ0) is 13.7. The fourth-order valence-electron chi connectivity index (χ4n) is 1.59. The van der Waals surface area contributed by atoms with Gasteiger partial charge >= 0.3 is 5.97 Å². The number of methoxy groups -OCH3 is 1. The highest BCUT2D eigenvalue weighted by Gasteiger charge is 2.10. The van der Waals surface area contributed by atoms with Crippen LogP contribution in [0, 0.1) is 3.57 Å². The van der Waals surface area contributed by atoms with Gasteiger partial charge in [-0.3, -0.25) is 5.01 Å². The van der Waals surface area contributed by atoms with Crippen molar-refractivity contribution in [3.63, 3.8) is 0 Å². The van der Waals surface area contributed by atoms with Gasteiger partial charge in [-0.25, -0.2) is 4.79 Å². The van der Waals surface area contributed by atoms with Crippen LogP contribution in [0.4, 0.5) is 5.69 Å². The Bertz CT molecular complexity index is 487. The van der Waals surface area contributed by atoms with E-state index in [9.17, 15) is 4.79 Å². The van der Waals surface area contributed by atoms with Gasteiger partial charge in [0.2, 0.25) is 0 Å². The molecule has 1 fully saturated rings. The van der Waals surface area contributed by atoms with Crippen molar-refractivity contribution in [3.05, 3.63) is 27.3 Å². The number of ether oxygens (including phenoxy) is 2. The van der Waals surface area contributed by atoms with Crippen molar-refractivity contribution >= 4 is 34.2 Å². The molecule has 7 heteroatoms. The molecule has 1 aliphatic rings. The van der Waals surface area contributed by atoms with Crippen LogP contribution in [0.15, 0.2) is 28.5 Å². The van der Waals surface area contributed by atoms with E-state index in [1.165, 1.54) is 7.11 Å². The zero-order valence-electron chi connectivity index (χ0n) is 10.5. The topological polar surface area (TPSA) is 63.5 Å². The third-order valence-electron chi connectivity index (χ3n) is 2.64. The Morgan fingerprint density at radius 1 is 1.42 bits per heavy atom. The van der Waals surface area contributed by atoms with E-state index < -0.39 is 0 Å². The average molecular weight is 375 g/mol. The van der Waals surface area contributed by atoms with Crippen LogP contribution in [0.2, 0.25) is 0 Å². The molecule has 0 unspecified atom stereocenters. The third-order valence-corrected chi connectivity index (χ3v) is 3.50. The Hall–Kier alpha value is -1.22. The number of benzene rings is 1. The van der Waals surface area contributed by atoms with E-state index in [1.54, 1.807) is 18.2 Å². The fraction of sp³-hybridized carbons (Fsp3) is 0.417. The lowest BCUT2D eigenvalue weighted by Crippen LogP contribution is -2.31. The average Bonchev–Trinajstić information content (AvgIpc) is 2.46. The lowest BCUT2D eigenvalue weighted by atomic mass is 10.2. The Kier molecular flexibility index (Phi) is 5.08. The van der Waals surface area contributed by atoms with Crippen LogP contribution in [-0.4, -0.2) is 44.4 Å². The first-order valence-corrected chi connectivity index (χ1v) is 6.91. The van der Waals surface area contributed by atoms with Gasteiger partial charge in [0.1, 0.15) is 5.69 Å². The molecule has 1 saturated heterocycles. The predicted molar refractivity (Wildman–Crippen MR) is 77.4 cm³/mol. The molecule has 0 radical (unpaired) electrons. The van der Waals surface area contributed by atoms with Crippen molar-refractivity contribution in [3.8, 4) is 0 Å². The molecule has 1 aliphatic heterocycles. The lowest BCUT2D eigenvalue weighted by molar-refractivity contribution is 0.0353. The molecule has 0 amide bonds. The maximum Gasteiger partial charge on any atom is 0.337 e. The van der Waals surface area contributed by atoms with Crippen LogP contribution < -0.4 is 0 Å². The molecule has 0 bridgehead atoms. The highest BCUT2D eigenvalue weighted by Crippen LogP contribution is 2.23. The lowest BCUT2D eigenvalue weighted by Gasteiger charge is -2.22. The van der Waals surface area contributed by atoms with Gasteiger partial charge < -0.3 is 9.47 Å². The predicted octanol–water partition coefficient (Wildman–Crippen LogP) is 2.41. The van der Waals surface area contributed by atoms with Crippen molar-refractivity contribution in [1.82, 2.24) is 5.01 Å². The molecule has 102 valence electrons. The molecule has 0 N–H and O–H groups in total. The van der Waals surface area contributed by atoms with Gasteiger partial charge in [0.25, 0.3) is 0 Å². The number of halogens is 1. The van der Waals surface area contributed by atoms with Crippen molar-refractivity contribution in [1.29, 1.82) is 0 Å². The van der Waals surface area contributed by atoms with Gasteiger partial charge in [-0.2, -0.15) is 0 Å². The van der Waals surface area contributed by atoms with E-state index in [4.69, 9.17) is 4.74 Å². The summed E-state index contributed by atoms with van der Waals surface area (Å²) in [7, 11) is 1.36.